The van der Waals surface area contributed by atoms with Crippen molar-refractivity contribution in [2.24, 2.45) is 0 Å². The van der Waals surface area contributed by atoms with Crippen LogP contribution in [0.1, 0.15) is 27.1 Å². The van der Waals surface area contributed by atoms with Gasteiger partial charge in [-0.3, -0.25) is 24.6 Å². The Labute approximate surface area is 177 Å². The third-order valence-corrected chi connectivity index (χ3v) is 4.65. The molecule has 11 nitrogen and oxygen atoms in total. The maximum absolute atomic E-state index is 12.4. The summed E-state index contributed by atoms with van der Waals surface area (Å²) in [6.07, 6.45) is 0.312. The third kappa shape index (κ3) is 4.55. The lowest BCUT2D eigenvalue weighted by Crippen LogP contribution is -2.35. The molecule has 162 valence electrons. The van der Waals surface area contributed by atoms with Crippen molar-refractivity contribution >= 4 is 29.2 Å². The van der Waals surface area contributed by atoms with Crippen LogP contribution in [-0.4, -0.2) is 55.0 Å². The van der Waals surface area contributed by atoms with Gasteiger partial charge in [-0.1, -0.05) is 0 Å². The molecule has 0 aliphatic carbocycles. The zero-order valence-corrected chi connectivity index (χ0v) is 16.8. The van der Waals surface area contributed by atoms with Gasteiger partial charge < -0.3 is 20.1 Å². The topological polar surface area (TPSA) is 140 Å². The Balaban J connectivity index is 1.50. The number of nitro groups is 1. The van der Waals surface area contributed by atoms with Crippen LogP contribution in [0.5, 0.6) is 11.5 Å². The highest BCUT2D eigenvalue weighted by molar-refractivity contribution is 6.21. The first-order valence-corrected chi connectivity index (χ1v) is 9.27. The molecule has 0 radical (unpaired) electrons. The summed E-state index contributed by atoms with van der Waals surface area (Å²) >= 11 is 0. The van der Waals surface area contributed by atoms with Gasteiger partial charge in [-0.05, 0) is 24.6 Å². The predicted octanol–water partition coefficient (Wildman–Crippen LogP) is 2.42. The summed E-state index contributed by atoms with van der Waals surface area (Å²) < 4.78 is 10.3. The Morgan fingerprint density at radius 3 is 2.42 bits per heavy atom. The standard InChI is InChI=1S/C20H20N4O7/c1-30-16-7-4-12(10-17(16)31-2)22-20(27)21-8-3-9-23-18(25)14-6-5-13(24(28)29)11-15(14)19(23)26/h4-7,10-11H,3,8-9H2,1-2H3,(H2,21,22,27). The number of carbonyl (C=O) groups excluding carboxylic acids is 3. The number of rotatable bonds is 8. The normalized spacial score (nSPS) is 12.4. The molecule has 2 N–H and O–H groups in total. The van der Waals surface area contributed by atoms with E-state index >= 15 is 0 Å². The second-order valence-corrected chi connectivity index (χ2v) is 6.55. The molecule has 2 aromatic rings. The zero-order chi connectivity index (χ0) is 22.5. The number of anilines is 1. The number of imide groups is 1. The summed E-state index contributed by atoms with van der Waals surface area (Å²) in [5.41, 5.74) is 0.389. The van der Waals surface area contributed by atoms with Crippen LogP contribution in [-0.2, 0) is 0 Å². The minimum atomic E-state index is -0.623. The third-order valence-electron chi connectivity index (χ3n) is 4.65. The Morgan fingerprint density at radius 2 is 1.74 bits per heavy atom. The number of hydrogen-bond acceptors (Lipinski definition) is 7. The molecule has 31 heavy (non-hydrogen) atoms. The average molecular weight is 428 g/mol. The first-order chi connectivity index (χ1) is 14.8. The van der Waals surface area contributed by atoms with Crippen molar-refractivity contribution in [1.82, 2.24) is 10.2 Å². The van der Waals surface area contributed by atoms with Crippen molar-refractivity contribution in [3.05, 3.63) is 57.6 Å². The number of non-ortho nitro benzene ring substituents is 1. The number of nitrogens with one attached hydrogen (secondary N) is 2. The van der Waals surface area contributed by atoms with E-state index in [1.807, 2.05) is 0 Å². The number of amides is 4. The molecule has 1 heterocycles. The molecule has 0 atom stereocenters. The van der Waals surface area contributed by atoms with Crippen LogP contribution in [0.3, 0.4) is 0 Å². The lowest BCUT2D eigenvalue weighted by atomic mass is 10.1. The molecular formula is C20H20N4O7. The zero-order valence-electron chi connectivity index (χ0n) is 16.8. The van der Waals surface area contributed by atoms with Gasteiger partial charge in [0.2, 0.25) is 0 Å². The second-order valence-electron chi connectivity index (χ2n) is 6.55. The highest BCUT2D eigenvalue weighted by atomic mass is 16.6. The molecule has 0 saturated heterocycles. The highest BCUT2D eigenvalue weighted by Crippen LogP contribution is 2.30. The summed E-state index contributed by atoms with van der Waals surface area (Å²) in [7, 11) is 2.99. The molecule has 3 rings (SSSR count). The van der Waals surface area contributed by atoms with Gasteiger partial charge in [-0.15, -0.1) is 0 Å². The van der Waals surface area contributed by atoms with Crippen molar-refractivity contribution in [2.45, 2.75) is 6.42 Å². The van der Waals surface area contributed by atoms with Crippen LogP contribution in [0.2, 0.25) is 0 Å². The van der Waals surface area contributed by atoms with Crippen LogP contribution >= 0.6 is 0 Å². The molecule has 0 aromatic heterocycles. The molecule has 0 bridgehead atoms. The first-order valence-electron chi connectivity index (χ1n) is 9.27. The number of benzene rings is 2. The number of methoxy groups -OCH3 is 2. The number of nitro benzene ring substituents is 1. The monoisotopic (exact) mass is 428 g/mol. The summed E-state index contributed by atoms with van der Waals surface area (Å²) in [5, 5.41) is 16.2. The lowest BCUT2D eigenvalue weighted by molar-refractivity contribution is -0.384. The molecule has 11 heteroatoms. The minimum absolute atomic E-state index is 0.0124. The Kier molecular flexibility index (Phi) is 6.34. The molecular weight excluding hydrogens is 408 g/mol. The van der Waals surface area contributed by atoms with Crippen molar-refractivity contribution in [1.29, 1.82) is 0 Å². The Morgan fingerprint density at radius 1 is 1.03 bits per heavy atom. The van der Waals surface area contributed by atoms with Gasteiger partial charge >= 0.3 is 6.03 Å². The maximum atomic E-state index is 12.4. The summed E-state index contributed by atoms with van der Waals surface area (Å²) in [5.74, 6) is -0.103. The van der Waals surface area contributed by atoms with Crippen LogP contribution in [0.4, 0.5) is 16.2 Å². The molecule has 1 aliphatic heterocycles. The van der Waals surface area contributed by atoms with Crippen LogP contribution in [0, 0.1) is 10.1 Å². The summed E-state index contributed by atoms with van der Waals surface area (Å²) in [6, 6.07) is 8.02. The number of ether oxygens (including phenoxy) is 2. The predicted molar refractivity (Wildman–Crippen MR) is 110 cm³/mol. The van der Waals surface area contributed by atoms with E-state index in [9.17, 15) is 24.5 Å². The van der Waals surface area contributed by atoms with E-state index < -0.39 is 22.8 Å². The van der Waals surface area contributed by atoms with Crippen molar-refractivity contribution in [3.8, 4) is 11.5 Å². The van der Waals surface area contributed by atoms with Crippen LogP contribution < -0.4 is 20.1 Å². The quantitative estimate of drug-likeness (QED) is 0.285. The molecule has 0 unspecified atom stereocenters. The average Bonchev–Trinajstić information content (AvgIpc) is 3.00. The van der Waals surface area contributed by atoms with Gasteiger partial charge in [-0.2, -0.15) is 0 Å². The van der Waals surface area contributed by atoms with E-state index in [0.717, 1.165) is 11.0 Å². The van der Waals surface area contributed by atoms with Gasteiger partial charge in [0, 0.05) is 37.0 Å². The minimum Gasteiger partial charge on any atom is -0.493 e. The van der Waals surface area contributed by atoms with Gasteiger partial charge in [-0.25, -0.2) is 4.79 Å². The SMILES string of the molecule is COc1ccc(NC(=O)NCCCN2C(=O)c3ccc([N+](=O)[O-])cc3C2=O)cc1OC. The second kappa shape index (κ2) is 9.11. The molecule has 2 aromatic carbocycles. The van der Waals surface area contributed by atoms with Crippen molar-refractivity contribution in [3.63, 3.8) is 0 Å². The number of hydrogen-bond donors (Lipinski definition) is 2. The van der Waals surface area contributed by atoms with Gasteiger partial charge in [0.05, 0.1) is 30.3 Å². The summed E-state index contributed by atoms with van der Waals surface area (Å²) in [6.45, 7) is 0.267. The van der Waals surface area contributed by atoms with Crippen molar-refractivity contribution in [2.75, 3.05) is 32.6 Å². The lowest BCUT2D eigenvalue weighted by Gasteiger charge is -2.14. The maximum Gasteiger partial charge on any atom is 0.319 e. The van der Waals surface area contributed by atoms with E-state index in [-0.39, 0.29) is 29.9 Å². The van der Waals surface area contributed by atoms with Crippen LogP contribution in [0.25, 0.3) is 0 Å². The van der Waals surface area contributed by atoms with E-state index in [1.54, 1.807) is 18.2 Å². The van der Waals surface area contributed by atoms with Crippen molar-refractivity contribution < 1.29 is 28.8 Å². The largest absolute Gasteiger partial charge is 0.493 e. The molecule has 4 amide bonds. The smallest absolute Gasteiger partial charge is 0.319 e. The molecule has 1 aliphatic rings. The fraction of sp³-hybridized carbons (Fsp3) is 0.250. The van der Waals surface area contributed by atoms with Gasteiger partial charge in [0.1, 0.15) is 0 Å². The molecule has 0 fully saturated rings. The van der Waals surface area contributed by atoms with E-state index in [2.05, 4.69) is 10.6 Å². The van der Waals surface area contributed by atoms with E-state index in [1.165, 1.54) is 26.4 Å². The first kappa shape index (κ1) is 21.6. The van der Waals surface area contributed by atoms with Crippen LogP contribution in [0.15, 0.2) is 36.4 Å². The fourth-order valence-electron chi connectivity index (χ4n) is 3.12. The van der Waals surface area contributed by atoms with Gasteiger partial charge in [0.15, 0.2) is 11.5 Å². The number of nitrogens with zero attached hydrogens (tertiary/aromatic N) is 2. The van der Waals surface area contributed by atoms with E-state index in [0.29, 0.717) is 23.6 Å². The van der Waals surface area contributed by atoms with E-state index in [4.69, 9.17) is 9.47 Å². The molecule has 0 saturated carbocycles. The number of urea groups is 1. The summed E-state index contributed by atoms with van der Waals surface area (Å²) in [4.78, 5) is 48.1. The fourth-order valence-corrected chi connectivity index (χ4v) is 3.12. The Bertz CT molecular complexity index is 1050. The van der Waals surface area contributed by atoms with Gasteiger partial charge in [0.25, 0.3) is 17.5 Å². The molecule has 0 spiro atoms. The Hall–Kier alpha value is -4.15. The number of fused-ring (bicyclic) bond motifs is 1. The number of carbonyl (C=O) groups is 3. The highest BCUT2D eigenvalue weighted by Gasteiger charge is 2.36.